The fraction of sp³-hybridized carbons (Fsp3) is 0.667. The number of rotatable bonds is 4. The van der Waals surface area contributed by atoms with Crippen molar-refractivity contribution in [3.05, 3.63) is 24.3 Å². The van der Waals surface area contributed by atoms with Gasteiger partial charge in [0.1, 0.15) is 0 Å². The van der Waals surface area contributed by atoms with Gasteiger partial charge in [-0.25, -0.2) is 0 Å². The molecular formula is C12H20O2. The van der Waals surface area contributed by atoms with Gasteiger partial charge in [0.15, 0.2) is 0 Å². The molecule has 0 spiro atoms. The third kappa shape index (κ3) is 2.69. The Bertz CT molecular complexity index is 220. The van der Waals surface area contributed by atoms with Crippen LogP contribution >= 0.6 is 0 Å². The third-order valence-corrected chi connectivity index (χ3v) is 3.19. The van der Waals surface area contributed by atoms with Crippen LogP contribution in [0.15, 0.2) is 24.3 Å². The molecule has 1 aliphatic carbocycles. The number of aliphatic hydroxyl groups is 2. The minimum Gasteiger partial charge on any atom is -0.396 e. The quantitative estimate of drug-likeness (QED) is 0.674. The Labute approximate surface area is 86.0 Å². The molecule has 0 aliphatic heterocycles. The van der Waals surface area contributed by atoms with Crippen molar-refractivity contribution < 1.29 is 10.2 Å². The molecule has 1 rings (SSSR count). The molecular weight excluding hydrogens is 176 g/mol. The van der Waals surface area contributed by atoms with Crippen molar-refractivity contribution in [1.29, 1.82) is 0 Å². The molecule has 2 N–H and O–H groups in total. The molecule has 0 aromatic rings. The molecule has 2 nitrogen and oxygen atoms in total. The van der Waals surface area contributed by atoms with E-state index in [0.717, 1.165) is 24.8 Å². The van der Waals surface area contributed by atoms with Gasteiger partial charge in [-0.2, -0.15) is 0 Å². The first kappa shape index (κ1) is 11.5. The van der Waals surface area contributed by atoms with Gasteiger partial charge in [0.2, 0.25) is 0 Å². The maximum absolute atomic E-state index is 9.15. The molecule has 0 radical (unpaired) electrons. The topological polar surface area (TPSA) is 40.5 Å². The van der Waals surface area contributed by atoms with Crippen molar-refractivity contribution in [2.75, 3.05) is 13.2 Å². The molecule has 14 heavy (non-hydrogen) atoms. The molecule has 0 aromatic heterocycles. The molecule has 0 saturated heterocycles. The largest absolute Gasteiger partial charge is 0.396 e. The lowest BCUT2D eigenvalue weighted by Gasteiger charge is -2.31. The Morgan fingerprint density at radius 3 is 2.71 bits per heavy atom. The van der Waals surface area contributed by atoms with Gasteiger partial charge in [-0.3, -0.25) is 0 Å². The maximum Gasteiger partial charge on any atom is 0.0496 e. The van der Waals surface area contributed by atoms with Crippen LogP contribution in [0.25, 0.3) is 0 Å². The lowest BCUT2D eigenvalue weighted by atomic mass is 9.75. The molecule has 0 bridgehead atoms. The zero-order valence-electron chi connectivity index (χ0n) is 8.71. The average molecular weight is 196 g/mol. The molecule has 2 atom stereocenters. The summed E-state index contributed by atoms with van der Waals surface area (Å²) < 4.78 is 0. The van der Waals surface area contributed by atoms with Gasteiger partial charge in [-0.05, 0) is 31.6 Å². The van der Waals surface area contributed by atoms with Gasteiger partial charge >= 0.3 is 0 Å². The van der Waals surface area contributed by atoms with Crippen LogP contribution < -0.4 is 0 Å². The van der Waals surface area contributed by atoms with Gasteiger partial charge in [-0.1, -0.05) is 24.3 Å². The highest BCUT2D eigenvalue weighted by molar-refractivity contribution is 5.11. The Balaban J connectivity index is 2.49. The molecule has 1 fully saturated rings. The molecule has 0 aromatic carbocycles. The van der Waals surface area contributed by atoms with Crippen LogP contribution in [0.5, 0.6) is 0 Å². The van der Waals surface area contributed by atoms with Crippen molar-refractivity contribution >= 4 is 0 Å². The van der Waals surface area contributed by atoms with Gasteiger partial charge in [0, 0.05) is 19.1 Å². The highest BCUT2D eigenvalue weighted by Gasteiger charge is 2.25. The highest BCUT2D eigenvalue weighted by atomic mass is 16.3. The first-order valence-corrected chi connectivity index (χ1v) is 5.26. The summed E-state index contributed by atoms with van der Waals surface area (Å²) in [6, 6.07) is 0. The zero-order chi connectivity index (χ0) is 10.6. The van der Waals surface area contributed by atoms with Crippen LogP contribution in [0.1, 0.15) is 25.7 Å². The van der Waals surface area contributed by atoms with E-state index in [1.807, 2.05) is 0 Å². The van der Waals surface area contributed by atoms with Crippen LogP contribution in [-0.4, -0.2) is 23.4 Å². The summed E-state index contributed by atoms with van der Waals surface area (Å²) in [6.45, 7) is 8.33. The first-order valence-electron chi connectivity index (χ1n) is 5.26. The summed E-state index contributed by atoms with van der Waals surface area (Å²) in [5.74, 6) is 0.703. The molecule has 80 valence electrons. The summed E-state index contributed by atoms with van der Waals surface area (Å²) in [5.41, 5.74) is 2.29. The second kappa shape index (κ2) is 5.32. The van der Waals surface area contributed by atoms with E-state index in [1.165, 1.54) is 5.57 Å². The van der Waals surface area contributed by atoms with Gasteiger partial charge in [0.25, 0.3) is 0 Å². The summed E-state index contributed by atoms with van der Waals surface area (Å²) >= 11 is 0. The van der Waals surface area contributed by atoms with Crippen molar-refractivity contribution in [3.63, 3.8) is 0 Å². The number of hydrogen-bond acceptors (Lipinski definition) is 2. The molecule has 0 heterocycles. The van der Waals surface area contributed by atoms with Crippen LogP contribution in [-0.2, 0) is 0 Å². The van der Waals surface area contributed by atoms with Gasteiger partial charge in [-0.15, -0.1) is 0 Å². The third-order valence-electron chi connectivity index (χ3n) is 3.19. The summed E-state index contributed by atoms with van der Waals surface area (Å²) in [7, 11) is 0. The molecule has 2 heteroatoms. The van der Waals surface area contributed by atoms with Crippen molar-refractivity contribution in [3.8, 4) is 0 Å². The number of hydrogen-bond donors (Lipinski definition) is 2. The summed E-state index contributed by atoms with van der Waals surface area (Å²) in [5, 5.41) is 18.0. The molecule has 0 amide bonds. The smallest absolute Gasteiger partial charge is 0.0496 e. The van der Waals surface area contributed by atoms with Gasteiger partial charge in [0.05, 0.1) is 0 Å². The SMILES string of the molecule is C=C1CCC(C(=C)CCO)CC1CO. The standard InChI is InChI=1S/C12H20O2/c1-9-3-4-11(7-12(9)8-14)10(2)5-6-13/h11-14H,1-8H2. The second-order valence-electron chi connectivity index (χ2n) is 4.14. The monoisotopic (exact) mass is 196 g/mol. The first-order chi connectivity index (χ1) is 6.69. The van der Waals surface area contributed by atoms with Crippen LogP contribution in [0.2, 0.25) is 0 Å². The molecule has 1 saturated carbocycles. The maximum atomic E-state index is 9.15. The normalized spacial score (nSPS) is 27.7. The van der Waals surface area contributed by atoms with E-state index in [9.17, 15) is 0 Å². The lowest BCUT2D eigenvalue weighted by Crippen LogP contribution is -2.21. The Morgan fingerprint density at radius 2 is 2.14 bits per heavy atom. The zero-order valence-corrected chi connectivity index (χ0v) is 8.71. The van der Waals surface area contributed by atoms with E-state index in [0.29, 0.717) is 12.3 Å². The lowest BCUT2D eigenvalue weighted by molar-refractivity contribution is 0.206. The Morgan fingerprint density at radius 1 is 1.43 bits per heavy atom. The minimum atomic E-state index is 0.181. The van der Waals surface area contributed by atoms with Crippen LogP contribution in [0.4, 0.5) is 0 Å². The fourth-order valence-corrected chi connectivity index (χ4v) is 2.11. The second-order valence-corrected chi connectivity index (χ2v) is 4.14. The van der Waals surface area contributed by atoms with Crippen molar-refractivity contribution in [2.45, 2.75) is 25.7 Å². The van der Waals surface area contributed by atoms with Gasteiger partial charge < -0.3 is 10.2 Å². The number of aliphatic hydroxyl groups excluding tert-OH is 2. The van der Waals surface area contributed by atoms with Crippen LogP contribution in [0, 0.1) is 11.8 Å². The average Bonchev–Trinajstić information content (AvgIpc) is 2.19. The predicted octanol–water partition coefficient (Wildman–Crippen LogP) is 1.89. The van der Waals surface area contributed by atoms with E-state index >= 15 is 0 Å². The minimum absolute atomic E-state index is 0.181. The van der Waals surface area contributed by atoms with Crippen LogP contribution in [0.3, 0.4) is 0 Å². The van der Waals surface area contributed by atoms with E-state index in [1.54, 1.807) is 0 Å². The van der Waals surface area contributed by atoms with E-state index in [4.69, 9.17) is 10.2 Å². The summed E-state index contributed by atoms with van der Waals surface area (Å²) in [6.07, 6.45) is 3.71. The highest BCUT2D eigenvalue weighted by Crippen LogP contribution is 2.36. The van der Waals surface area contributed by atoms with Crippen molar-refractivity contribution in [1.82, 2.24) is 0 Å². The fourth-order valence-electron chi connectivity index (χ4n) is 2.11. The Kier molecular flexibility index (Phi) is 4.36. The summed E-state index contributed by atoms with van der Waals surface area (Å²) in [4.78, 5) is 0. The van der Waals surface area contributed by atoms with E-state index in [2.05, 4.69) is 13.2 Å². The molecule has 2 unspecified atom stereocenters. The van der Waals surface area contributed by atoms with Crippen molar-refractivity contribution in [2.24, 2.45) is 11.8 Å². The predicted molar refractivity (Wildman–Crippen MR) is 57.9 cm³/mol. The Hall–Kier alpha value is -0.600. The van der Waals surface area contributed by atoms with E-state index in [-0.39, 0.29) is 19.1 Å². The molecule has 1 aliphatic rings. The van der Waals surface area contributed by atoms with E-state index < -0.39 is 0 Å².